The average molecular weight is 336 g/mol. The standard InChI is InChI=1S/C16H14F2N2O2S/c1-2-10-6-11-15(23-10)19-8-20(16(11)22)7-14(21)9-3-4-12(17)13(18)5-9/h3-6,8,14,21H,2,7H2,1H3. The van der Waals surface area contributed by atoms with Gasteiger partial charge in [0.25, 0.3) is 5.56 Å². The van der Waals surface area contributed by atoms with E-state index in [1.165, 1.54) is 28.3 Å². The van der Waals surface area contributed by atoms with Crippen LogP contribution in [0.3, 0.4) is 0 Å². The van der Waals surface area contributed by atoms with Crippen LogP contribution in [0.4, 0.5) is 8.78 Å². The Balaban J connectivity index is 1.92. The molecular weight excluding hydrogens is 322 g/mol. The summed E-state index contributed by atoms with van der Waals surface area (Å²) < 4.78 is 27.5. The molecule has 1 unspecified atom stereocenters. The molecule has 0 radical (unpaired) electrons. The first-order valence-electron chi connectivity index (χ1n) is 7.10. The highest BCUT2D eigenvalue weighted by atomic mass is 32.1. The molecule has 0 aliphatic heterocycles. The quantitative estimate of drug-likeness (QED) is 0.797. The van der Waals surface area contributed by atoms with E-state index in [9.17, 15) is 18.7 Å². The van der Waals surface area contributed by atoms with Gasteiger partial charge in [-0.2, -0.15) is 0 Å². The number of rotatable bonds is 4. The zero-order chi connectivity index (χ0) is 16.6. The molecule has 1 aromatic carbocycles. The molecule has 1 N–H and O–H groups in total. The Hall–Kier alpha value is -2.12. The maximum atomic E-state index is 13.2. The summed E-state index contributed by atoms with van der Waals surface area (Å²) in [6.07, 6.45) is 1.05. The van der Waals surface area contributed by atoms with E-state index in [0.29, 0.717) is 10.2 Å². The van der Waals surface area contributed by atoms with E-state index >= 15 is 0 Å². The van der Waals surface area contributed by atoms with Crippen molar-refractivity contribution in [2.75, 3.05) is 0 Å². The number of benzene rings is 1. The highest BCUT2D eigenvalue weighted by Gasteiger charge is 2.14. The molecule has 120 valence electrons. The third-order valence-corrected chi connectivity index (χ3v) is 4.80. The van der Waals surface area contributed by atoms with Crippen molar-refractivity contribution in [1.29, 1.82) is 0 Å². The Morgan fingerprint density at radius 2 is 2.09 bits per heavy atom. The van der Waals surface area contributed by atoms with Gasteiger partial charge < -0.3 is 5.11 Å². The number of fused-ring (bicyclic) bond motifs is 1. The van der Waals surface area contributed by atoms with Crippen molar-refractivity contribution in [2.45, 2.75) is 26.0 Å². The van der Waals surface area contributed by atoms with Crippen LogP contribution in [0.1, 0.15) is 23.5 Å². The van der Waals surface area contributed by atoms with Crippen molar-refractivity contribution in [3.8, 4) is 0 Å². The molecule has 23 heavy (non-hydrogen) atoms. The van der Waals surface area contributed by atoms with Gasteiger partial charge in [-0.15, -0.1) is 11.3 Å². The van der Waals surface area contributed by atoms with Gasteiger partial charge in [0.1, 0.15) is 4.83 Å². The number of aromatic nitrogens is 2. The SMILES string of the molecule is CCc1cc2c(=O)n(CC(O)c3ccc(F)c(F)c3)cnc2s1. The number of nitrogens with zero attached hydrogens (tertiary/aromatic N) is 2. The van der Waals surface area contributed by atoms with Gasteiger partial charge in [0.15, 0.2) is 11.6 Å². The molecule has 1 atom stereocenters. The van der Waals surface area contributed by atoms with Crippen molar-refractivity contribution < 1.29 is 13.9 Å². The molecule has 4 nitrogen and oxygen atoms in total. The summed E-state index contributed by atoms with van der Waals surface area (Å²) >= 11 is 1.46. The van der Waals surface area contributed by atoms with Crippen LogP contribution in [0, 0.1) is 11.6 Å². The van der Waals surface area contributed by atoms with E-state index in [1.807, 2.05) is 6.92 Å². The van der Waals surface area contributed by atoms with E-state index < -0.39 is 17.7 Å². The maximum absolute atomic E-state index is 13.2. The van der Waals surface area contributed by atoms with E-state index in [-0.39, 0.29) is 17.7 Å². The molecule has 0 saturated carbocycles. The minimum Gasteiger partial charge on any atom is -0.387 e. The van der Waals surface area contributed by atoms with Crippen molar-refractivity contribution in [3.05, 3.63) is 63.0 Å². The van der Waals surface area contributed by atoms with Gasteiger partial charge >= 0.3 is 0 Å². The van der Waals surface area contributed by atoms with Gasteiger partial charge in [-0.1, -0.05) is 13.0 Å². The van der Waals surface area contributed by atoms with Crippen molar-refractivity contribution in [2.24, 2.45) is 0 Å². The first kappa shape index (κ1) is 15.8. The van der Waals surface area contributed by atoms with Gasteiger partial charge in [0.2, 0.25) is 0 Å². The number of hydrogen-bond acceptors (Lipinski definition) is 4. The number of aryl methyl sites for hydroxylation is 1. The second-order valence-electron chi connectivity index (χ2n) is 5.18. The lowest BCUT2D eigenvalue weighted by atomic mass is 10.1. The molecule has 2 aromatic heterocycles. The fourth-order valence-electron chi connectivity index (χ4n) is 2.33. The molecule has 0 fully saturated rings. The molecule has 0 aliphatic carbocycles. The van der Waals surface area contributed by atoms with Crippen LogP contribution >= 0.6 is 11.3 Å². The van der Waals surface area contributed by atoms with E-state index in [4.69, 9.17) is 0 Å². The second-order valence-corrected chi connectivity index (χ2v) is 6.29. The monoisotopic (exact) mass is 336 g/mol. The van der Waals surface area contributed by atoms with Crippen LogP contribution in [0.15, 0.2) is 35.4 Å². The Morgan fingerprint density at radius 1 is 1.30 bits per heavy atom. The molecule has 7 heteroatoms. The highest BCUT2D eigenvalue weighted by Crippen LogP contribution is 2.22. The predicted molar refractivity (Wildman–Crippen MR) is 84.6 cm³/mol. The van der Waals surface area contributed by atoms with Crippen LogP contribution in [-0.2, 0) is 13.0 Å². The molecule has 3 aromatic rings. The lowest BCUT2D eigenvalue weighted by Gasteiger charge is -2.13. The number of aliphatic hydroxyl groups excluding tert-OH is 1. The summed E-state index contributed by atoms with van der Waals surface area (Å²) in [6, 6.07) is 4.97. The fourth-order valence-corrected chi connectivity index (χ4v) is 3.25. The van der Waals surface area contributed by atoms with Crippen LogP contribution in [0.2, 0.25) is 0 Å². The van der Waals surface area contributed by atoms with Gasteiger partial charge in [-0.25, -0.2) is 13.8 Å². The van der Waals surface area contributed by atoms with Crippen LogP contribution in [0.25, 0.3) is 10.2 Å². The Morgan fingerprint density at radius 3 is 2.78 bits per heavy atom. The summed E-state index contributed by atoms with van der Waals surface area (Å²) in [7, 11) is 0. The lowest BCUT2D eigenvalue weighted by molar-refractivity contribution is 0.154. The van der Waals surface area contributed by atoms with Gasteiger partial charge in [0.05, 0.1) is 24.4 Å². The van der Waals surface area contributed by atoms with Crippen molar-refractivity contribution in [1.82, 2.24) is 9.55 Å². The Kier molecular flexibility index (Phi) is 4.23. The molecule has 0 saturated heterocycles. The Labute approximate surface area is 134 Å². The van der Waals surface area contributed by atoms with Crippen LogP contribution in [-0.4, -0.2) is 14.7 Å². The second kappa shape index (κ2) is 6.17. The summed E-state index contributed by atoms with van der Waals surface area (Å²) in [5, 5.41) is 10.7. The summed E-state index contributed by atoms with van der Waals surface area (Å²) in [4.78, 5) is 18.4. The molecule has 3 rings (SSSR count). The smallest absolute Gasteiger partial charge is 0.262 e. The number of thiophene rings is 1. The van der Waals surface area contributed by atoms with Crippen molar-refractivity contribution >= 4 is 21.6 Å². The van der Waals surface area contributed by atoms with E-state index in [0.717, 1.165) is 23.4 Å². The fraction of sp³-hybridized carbons (Fsp3) is 0.250. The molecule has 0 amide bonds. The van der Waals surface area contributed by atoms with Crippen LogP contribution < -0.4 is 5.56 Å². The zero-order valence-corrected chi connectivity index (χ0v) is 13.1. The normalized spacial score (nSPS) is 12.7. The summed E-state index contributed by atoms with van der Waals surface area (Å²) in [5.41, 5.74) is -0.0527. The molecule has 0 aliphatic rings. The topological polar surface area (TPSA) is 55.1 Å². The van der Waals surface area contributed by atoms with E-state index in [2.05, 4.69) is 4.98 Å². The average Bonchev–Trinajstić information content (AvgIpc) is 2.97. The van der Waals surface area contributed by atoms with Crippen LogP contribution in [0.5, 0.6) is 0 Å². The Bertz CT molecular complexity index is 920. The summed E-state index contributed by atoms with van der Waals surface area (Å²) in [5.74, 6) is -2.01. The minimum absolute atomic E-state index is 0.0792. The third kappa shape index (κ3) is 3.02. The maximum Gasteiger partial charge on any atom is 0.262 e. The number of aliphatic hydroxyl groups is 1. The minimum atomic E-state index is -1.13. The zero-order valence-electron chi connectivity index (χ0n) is 12.3. The lowest BCUT2D eigenvalue weighted by Crippen LogP contribution is -2.23. The first-order chi connectivity index (χ1) is 11.0. The molecule has 0 spiro atoms. The number of halogens is 2. The predicted octanol–water partition coefficient (Wildman–Crippen LogP) is 3.03. The van der Waals surface area contributed by atoms with Gasteiger partial charge in [-0.05, 0) is 30.2 Å². The number of hydrogen-bond donors (Lipinski definition) is 1. The van der Waals surface area contributed by atoms with Crippen molar-refractivity contribution in [3.63, 3.8) is 0 Å². The molecule has 2 heterocycles. The highest BCUT2D eigenvalue weighted by molar-refractivity contribution is 7.18. The molecule has 0 bridgehead atoms. The van der Waals surface area contributed by atoms with Gasteiger partial charge in [-0.3, -0.25) is 9.36 Å². The van der Waals surface area contributed by atoms with E-state index in [1.54, 1.807) is 6.07 Å². The molecular formula is C16H14F2N2O2S. The largest absolute Gasteiger partial charge is 0.387 e. The van der Waals surface area contributed by atoms with Gasteiger partial charge in [0, 0.05) is 4.88 Å². The first-order valence-corrected chi connectivity index (χ1v) is 7.92. The summed E-state index contributed by atoms with van der Waals surface area (Å²) in [6.45, 7) is 1.92. The third-order valence-electron chi connectivity index (χ3n) is 3.62.